The Morgan fingerprint density at radius 1 is 1.25 bits per heavy atom. The van der Waals surface area contributed by atoms with Crippen LogP contribution in [0.1, 0.15) is 24.8 Å². The zero-order valence-corrected chi connectivity index (χ0v) is 11.5. The molecule has 0 saturated heterocycles. The van der Waals surface area contributed by atoms with E-state index in [1.807, 2.05) is 36.4 Å². The molecule has 1 aromatic carbocycles. The molecule has 1 aromatic rings. The zero-order chi connectivity index (χ0) is 14.2. The monoisotopic (exact) mass is 269 g/mol. The molecule has 0 aliphatic heterocycles. The Kier molecular flexibility index (Phi) is 5.18. The van der Waals surface area contributed by atoms with Crippen molar-refractivity contribution in [2.75, 3.05) is 0 Å². The van der Waals surface area contributed by atoms with Gasteiger partial charge in [0.1, 0.15) is 6.61 Å². The smallest absolute Gasteiger partial charge is 0.112 e. The molecular formula is C17H19NO2. The highest BCUT2D eigenvalue weighted by Gasteiger charge is 2.18. The van der Waals surface area contributed by atoms with Crippen LogP contribution >= 0.6 is 0 Å². The van der Waals surface area contributed by atoms with Gasteiger partial charge in [-0.15, -0.1) is 0 Å². The molecule has 2 rings (SSSR count). The Morgan fingerprint density at radius 2 is 2.05 bits per heavy atom. The van der Waals surface area contributed by atoms with Crippen LogP contribution in [0.3, 0.4) is 0 Å². The fourth-order valence-corrected chi connectivity index (χ4v) is 2.26. The lowest BCUT2D eigenvalue weighted by Gasteiger charge is -2.18. The van der Waals surface area contributed by atoms with Crippen molar-refractivity contribution in [2.24, 2.45) is 5.16 Å². The fourth-order valence-electron chi connectivity index (χ4n) is 2.26. The number of hydrogen-bond donors (Lipinski definition) is 1. The number of benzene rings is 1. The normalized spacial score (nSPS) is 21.3. The van der Waals surface area contributed by atoms with Crippen molar-refractivity contribution in [2.45, 2.75) is 25.9 Å². The van der Waals surface area contributed by atoms with E-state index in [2.05, 4.69) is 11.7 Å². The molecule has 0 radical (unpaired) electrons. The zero-order valence-electron chi connectivity index (χ0n) is 11.5. The second kappa shape index (κ2) is 7.34. The molecule has 1 saturated carbocycles. The first-order chi connectivity index (χ1) is 9.85. The van der Waals surface area contributed by atoms with E-state index in [0.29, 0.717) is 12.3 Å². The van der Waals surface area contributed by atoms with Crippen LogP contribution in [0.5, 0.6) is 0 Å². The fraction of sp³-hybridized carbons (Fsp3) is 0.235. The summed E-state index contributed by atoms with van der Waals surface area (Å²) in [7, 11) is 0. The largest absolute Gasteiger partial charge is 0.496 e. The van der Waals surface area contributed by atoms with Crippen LogP contribution in [0.4, 0.5) is 0 Å². The summed E-state index contributed by atoms with van der Waals surface area (Å²) in [4.78, 5) is 0. The van der Waals surface area contributed by atoms with Crippen molar-refractivity contribution in [1.29, 1.82) is 0 Å². The summed E-state index contributed by atoms with van der Waals surface area (Å²) in [6.07, 6.45) is 8.02. The van der Waals surface area contributed by atoms with Gasteiger partial charge in [-0.25, -0.2) is 0 Å². The Bertz CT molecular complexity index is 541. The maximum absolute atomic E-state index is 9.05. The topological polar surface area (TPSA) is 41.8 Å². The van der Waals surface area contributed by atoms with E-state index < -0.39 is 0 Å². The Morgan fingerprint density at radius 3 is 2.75 bits per heavy atom. The lowest BCUT2D eigenvalue weighted by molar-refractivity contribution is 0.233. The van der Waals surface area contributed by atoms with Crippen molar-refractivity contribution in [3.63, 3.8) is 0 Å². The molecule has 1 N–H and O–H groups in total. The van der Waals surface area contributed by atoms with Gasteiger partial charge >= 0.3 is 0 Å². The van der Waals surface area contributed by atoms with E-state index in [9.17, 15) is 0 Å². The minimum atomic E-state index is 0.539. The van der Waals surface area contributed by atoms with Gasteiger partial charge in [-0.1, -0.05) is 54.2 Å². The van der Waals surface area contributed by atoms with Crippen LogP contribution in [0, 0.1) is 0 Å². The van der Waals surface area contributed by atoms with Crippen LogP contribution in [-0.2, 0) is 11.3 Å². The van der Waals surface area contributed by atoms with Gasteiger partial charge in [-0.05, 0) is 30.4 Å². The number of allylic oxidation sites excluding steroid dienone is 4. The van der Waals surface area contributed by atoms with Crippen LogP contribution in [-0.4, -0.2) is 10.9 Å². The first-order valence-electron chi connectivity index (χ1n) is 6.74. The van der Waals surface area contributed by atoms with Gasteiger partial charge in [0.25, 0.3) is 0 Å². The molecule has 0 spiro atoms. The lowest BCUT2D eigenvalue weighted by atomic mass is 9.88. The molecular weight excluding hydrogens is 250 g/mol. The summed E-state index contributed by atoms with van der Waals surface area (Å²) in [5, 5.41) is 12.4. The number of oxime groups is 1. The summed E-state index contributed by atoms with van der Waals surface area (Å²) in [5.41, 5.74) is 3.80. The molecule has 104 valence electrons. The predicted octanol–water partition coefficient (Wildman–Crippen LogP) is 4.21. The second-order valence-corrected chi connectivity index (χ2v) is 4.66. The molecule has 0 aromatic heterocycles. The van der Waals surface area contributed by atoms with E-state index in [1.165, 1.54) is 0 Å². The lowest BCUT2D eigenvalue weighted by Crippen LogP contribution is -2.12. The Balaban J connectivity index is 2.07. The Hall–Kier alpha value is -2.29. The second-order valence-electron chi connectivity index (χ2n) is 4.66. The average Bonchev–Trinajstić information content (AvgIpc) is 2.50. The van der Waals surface area contributed by atoms with Crippen LogP contribution in [0.2, 0.25) is 0 Å². The number of nitrogens with zero attached hydrogens (tertiary/aromatic N) is 1. The molecule has 3 heteroatoms. The van der Waals surface area contributed by atoms with Crippen molar-refractivity contribution in [3.05, 3.63) is 72.0 Å². The van der Waals surface area contributed by atoms with Gasteiger partial charge in [-0.3, -0.25) is 0 Å². The predicted molar refractivity (Wildman–Crippen MR) is 80.7 cm³/mol. The van der Waals surface area contributed by atoms with Crippen molar-refractivity contribution < 1.29 is 9.94 Å². The molecule has 20 heavy (non-hydrogen) atoms. The van der Waals surface area contributed by atoms with E-state index in [-0.39, 0.29) is 0 Å². The molecule has 3 nitrogen and oxygen atoms in total. The number of hydrogen-bond acceptors (Lipinski definition) is 3. The van der Waals surface area contributed by atoms with Crippen molar-refractivity contribution >= 4 is 5.71 Å². The first-order valence-corrected chi connectivity index (χ1v) is 6.74. The molecule has 0 heterocycles. The number of ether oxygens (including phenoxy) is 1. The van der Waals surface area contributed by atoms with Gasteiger partial charge in [0, 0.05) is 5.57 Å². The highest BCUT2D eigenvalue weighted by molar-refractivity contribution is 6.04. The molecule has 0 bridgehead atoms. The van der Waals surface area contributed by atoms with Gasteiger partial charge in [-0.2, -0.15) is 0 Å². The van der Waals surface area contributed by atoms with E-state index in [4.69, 9.17) is 9.94 Å². The summed E-state index contributed by atoms with van der Waals surface area (Å²) in [6, 6.07) is 10.0. The maximum atomic E-state index is 9.05. The quantitative estimate of drug-likeness (QED) is 0.505. The van der Waals surface area contributed by atoms with Crippen LogP contribution in [0.15, 0.2) is 71.6 Å². The Labute approximate surface area is 119 Å². The van der Waals surface area contributed by atoms with Gasteiger partial charge < -0.3 is 9.94 Å². The summed E-state index contributed by atoms with van der Waals surface area (Å²) in [5.74, 6) is 0. The molecule has 1 fully saturated rings. The minimum absolute atomic E-state index is 0.539. The molecule has 1 aliphatic carbocycles. The molecule has 0 amide bonds. The third-order valence-corrected chi connectivity index (χ3v) is 3.24. The van der Waals surface area contributed by atoms with Crippen LogP contribution in [0.25, 0.3) is 0 Å². The SMILES string of the molecule is C=C/C=C1C(=C/OCc2ccccc2)\CCCC\1=N/O. The van der Waals surface area contributed by atoms with Gasteiger partial charge in [0.2, 0.25) is 0 Å². The summed E-state index contributed by atoms with van der Waals surface area (Å²) < 4.78 is 5.65. The third-order valence-electron chi connectivity index (χ3n) is 3.24. The average molecular weight is 269 g/mol. The third kappa shape index (κ3) is 3.60. The van der Waals surface area contributed by atoms with Crippen molar-refractivity contribution in [3.8, 4) is 0 Å². The summed E-state index contributed by atoms with van der Waals surface area (Å²) in [6.45, 7) is 4.24. The standard InChI is InChI=1S/C17H19NO2/c1-2-7-16-15(10-6-11-17(16)18-19)13-20-12-14-8-4-3-5-9-14/h2-5,7-9,13,19H,1,6,10-12H2/b15-13-,16-7+,18-17+. The van der Waals surface area contributed by atoms with E-state index in [1.54, 1.807) is 12.3 Å². The van der Waals surface area contributed by atoms with Crippen molar-refractivity contribution in [1.82, 2.24) is 0 Å². The summed E-state index contributed by atoms with van der Waals surface area (Å²) >= 11 is 0. The first kappa shape index (κ1) is 14.1. The highest BCUT2D eigenvalue weighted by Crippen LogP contribution is 2.27. The van der Waals surface area contributed by atoms with E-state index in [0.717, 1.165) is 36.0 Å². The van der Waals surface area contributed by atoms with Gasteiger partial charge in [0.15, 0.2) is 0 Å². The van der Waals surface area contributed by atoms with Crippen LogP contribution < -0.4 is 0 Å². The number of rotatable bonds is 4. The maximum Gasteiger partial charge on any atom is 0.112 e. The van der Waals surface area contributed by atoms with Gasteiger partial charge in [0.05, 0.1) is 12.0 Å². The minimum Gasteiger partial charge on any atom is -0.496 e. The molecule has 0 atom stereocenters. The van der Waals surface area contributed by atoms with E-state index >= 15 is 0 Å². The molecule has 1 aliphatic rings. The highest BCUT2D eigenvalue weighted by atomic mass is 16.5. The molecule has 0 unspecified atom stereocenters.